The van der Waals surface area contributed by atoms with E-state index in [-0.39, 0.29) is 0 Å². The van der Waals surface area contributed by atoms with E-state index in [0.717, 1.165) is 12.4 Å². The van der Waals surface area contributed by atoms with Gasteiger partial charge < -0.3 is 10.1 Å². The van der Waals surface area contributed by atoms with Crippen molar-refractivity contribution in [3.05, 3.63) is 29.8 Å². The molecule has 1 N–H and O–H groups in total. The lowest BCUT2D eigenvalue weighted by molar-refractivity contribution is 0.340. The molecule has 1 rings (SSSR count). The molecule has 0 radical (unpaired) electrons. The summed E-state index contributed by atoms with van der Waals surface area (Å²) >= 11 is 0. The van der Waals surface area contributed by atoms with Crippen molar-refractivity contribution >= 4 is 0 Å². The van der Waals surface area contributed by atoms with Crippen LogP contribution < -0.4 is 10.1 Å². The van der Waals surface area contributed by atoms with Gasteiger partial charge in [-0.3, -0.25) is 0 Å². The zero-order valence-electron chi connectivity index (χ0n) is 11.5. The van der Waals surface area contributed by atoms with Crippen LogP contribution in [-0.2, 0) is 0 Å². The van der Waals surface area contributed by atoms with E-state index in [1.54, 1.807) is 0 Å². The number of hydrogen-bond acceptors (Lipinski definition) is 2. The molecule has 2 unspecified atom stereocenters. The third-order valence-electron chi connectivity index (χ3n) is 2.95. The Bertz CT molecular complexity index is 307. The van der Waals surface area contributed by atoms with Gasteiger partial charge in [-0.05, 0) is 44.9 Å². The van der Waals surface area contributed by atoms with Crippen LogP contribution in [0.1, 0.15) is 52.1 Å². The summed E-state index contributed by atoms with van der Waals surface area (Å²) in [4.78, 5) is 0. The largest absolute Gasteiger partial charge is 0.494 e. The van der Waals surface area contributed by atoms with Crippen LogP contribution >= 0.6 is 0 Å². The van der Waals surface area contributed by atoms with Crippen molar-refractivity contribution in [1.29, 1.82) is 0 Å². The summed E-state index contributed by atoms with van der Waals surface area (Å²) < 4.78 is 5.44. The van der Waals surface area contributed by atoms with Gasteiger partial charge in [-0.1, -0.05) is 25.5 Å². The molecule has 0 aliphatic heterocycles. The Kier molecular flexibility index (Phi) is 6.06. The minimum absolute atomic E-state index is 0.396. The van der Waals surface area contributed by atoms with Gasteiger partial charge in [-0.15, -0.1) is 0 Å². The van der Waals surface area contributed by atoms with Gasteiger partial charge in [-0.2, -0.15) is 0 Å². The highest BCUT2D eigenvalue weighted by atomic mass is 16.5. The molecule has 96 valence electrons. The normalized spacial score (nSPS) is 14.4. The van der Waals surface area contributed by atoms with Crippen molar-refractivity contribution in [3.63, 3.8) is 0 Å². The van der Waals surface area contributed by atoms with Crippen LogP contribution in [0.3, 0.4) is 0 Å². The molecule has 0 saturated heterocycles. The quantitative estimate of drug-likeness (QED) is 0.773. The van der Waals surface area contributed by atoms with Crippen molar-refractivity contribution in [1.82, 2.24) is 5.32 Å². The van der Waals surface area contributed by atoms with E-state index in [4.69, 9.17) is 4.74 Å². The molecule has 2 heteroatoms. The smallest absolute Gasteiger partial charge is 0.119 e. The number of nitrogens with one attached hydrogen (secondary N) is 1. The van der Waals surface area contributed by atoms with Crippen LogP contribution in [-0.4, -0.2) is 12.6 Å². The Morgan fingerprint density at radius 3 is 2.29 bits per heavy atom. The predicted molar refractivity (Wildman–Crippen MR) is 73.5 cm³/mol. The van der Waals surface area contributed by atoms with Gasteiger partial charge in [0.15, 0.2) is 0 Å². The Hall–Kier alpha value is -1.02. The SMILES string of the molecule is CCCC(C)NC(C)c1ccc(OCC)cc1. The Balaban J connectivity index is 2.53. The molecule has 17 heavy (non-hydrogen) atoms. The van der Waals surface area contributed by atoms with Crippen molar-refractivity contribution in [3.8, 4) is 5.75 Å². The van der Waals surface area contributed by atoms with Crippen molar-refractivity contribution < 1.29 is 4.74 Å². The van der Waals surface area contributed by atoms with Gasteiger partial charge in [0.2, 0.25) is 0 Å². The second-order valence-electron chi connectivity index (χ2n) is 4.58. The molecule has 0 bridgehead atoms. The first-order valence-corrected chi connectivity index (χ1v) is 6.66. The van der Waals surface area contributed by atoms with Gasteiger partial charge in [0.1, 0.15) is 5.75 Å². The fourth-order valence-electron chi connectivity index (χ4n) is 2.06. The average Bonchev–Trinajstić information content (AvgIpc) is 2.30. The summed E-state index contributed by atoms with van der Waals surface area (Å²) in [6, 6.07) is 9.33. The first-order chi connectivity index (χ1) is 8.17. The second kappa shape index (κ2) is 7.33. The fraction of sp³-hybridized carbons (Fsp3) is 0.600. The molecule has 0 saturated carbocycles. The van der Waals surface area contributed by atoms with Crippen LogP contribution in [0.5, 0.6) is 5.75 Å². The van der Waals surface area contributed by atoms with Gasteiger partial charge in [0.25, 0.3) is 0 Å². The third kappa shape index (κ3) is 4.78. The first-order valence-electron chi connectivity index (χ1n) is 6.66. The zero-order chi connectivity index (χ0) is 12.7. The minimum atomic E-state index is 0.396. The molecular weight excluding hydrogens is 210 g/mol. The topological polar surface area (TPSA) is 21.3 Å². The highest BCUT2D eigenvalue weighted by Crippen LogP contribution is 2.18. The van der Waals surface area contributed by atoms with E-state index in [1.807, 2.05) is 19.1 Å². The van der Waals surface area contributed by atoms with Gasteiger partial charge in [-0.25, -0.2) is 0 Å². The van der Waals surface area contributed by atoms with Crippen LogP contribution in [0.4, 0.5) is 0 Å². The number of hydrogen-bond donors (Lipinski definition) is 1. The third-order valence-corrected chi connectivity index (χ3v) is 2.95. The van der Waals surface area contributed by atoms with Crippen LogP contribution in [0.25, 0.3) is 0 Å². The summed E-state index contributed by atoms with van der Waals surface area (Å²) in [5.41, 5.74) is 1.32. The summed E-state index contributed by atoms with van der Waals surface area (Å²) in [7, 11) is 0. The van der Waals surface area contributed by atoms with Crippen molar-refractivity contribution in [2.24, 2.45) is 0 Å². The Labute approximate surface area is 105 Å². The molecular formula is C15H25NO. The molecule has 0 aliphatic carbocycles. The molecule has 0 fully saturated rings. The van der Waals surface area contributed by atoms with E-state index in [1.165, 1.54) is 18.4 Å². The molecule has 2 atom stereocenters. The fourth-order valence-corrected chi connectivity index (χ4v) is 2.06. The highest BCUT2D eigenvalue weighted by molar-refractivity contribution is 5.28. The lowest BCUT2D eigenvalue weighted by atomic mass is 10.1. The maximum Gasteiger partial charge on any atom is 0.119 e. The molecule has 1 aromatic rings. The lowest BCUT2D eigenvalue weighted by Crippen LogP contribution is -2.28. The van der Waals surface area contributed by atoms with E-state index < -0.39 is 0 Å². The molecule has 1 aromatic carbocycles. The van der Waals surface area contributed by atoms with E-state index >= 15 is 0 Å². The Morgan fingerprint density at radius 1 is 1.12 bits per heavy atom. The maximum absolute atomic E-state index is 5.44. The maximum atomic E-state index is 5.44. The summed E-state index contributed by atoms with van der Waals surface area (Å²) in [5.74, 6) is 0.949. The van der Waals surface area contributed by atoms with Gasteiger partial charge in [0.05, 0.1) is 6.61 Å². The van der Waals surface area contributed by atoms with E-state index in [0.29, 0.717) is 12.1 Å². The number of ether oxygens (including phenoxy) is 1. The molecule has 0 aromatic heterocycles. The summed E-state index contributed by atoms with van der Waals surface area (Å²) in [6.45, 7) is 9.40. The number of rotatable bonds is 7. The first kappa shape index (κ1) is 14.0. The van der Waals surface area contributed by atoms with Crippen LogP contribution in [0.15, 0.2) is 24.3 Å². The average molecular weight is 235 g/mol. The predicted octanol–water partition coefficient (Wildman–Crippen LogP) is 3.92. The minimum Gasteiger partial charge on any atom is -0.494 e. The molecule has 0 spiro atoms. The van der Waals surface area contributed by atoms with Crippen LogP contribution in [0, 0.1) is 0 Å². The standard InChI is InChI=1S/C15H25NO/c1-5-7-12(3)16-13(4)14-8-10-15(11-9-14)17-6-2/h8-13,16H,5-7H2,1-4H3. The lowest BCUT2D eigenvalue weighted by Gasteiger charge is -2.20. The van der Waals surface area contributed by atoms with E-state index in [2.05, 4.69) is 38.2 Å². The summed E-state index contributed by atoms with van der Waals surface area (Å²) in [6.07, 6.45) is 2.45. The van der Waals surface area contributed by atoms with Crippen molar-refractivity contribution in [2.45, 2.75) is 52.6 Å². The molecule has 2 nitrogen and oxygen atoms in total. The molecule has 0 amide bonds. The van der Waals surface area contributed by atoms with Gasteiger partial charge in [0, 0.05) is 12.1 Å². The highest BCUT2D eigenvalue weighted by Gasteiger charge is 2.08. The van der Waals surface area contributed by atoms with Gasteiger partial charge >= 0.3 is 0 Å². The monoisotopic (exact) mass is 235 g/mol. The molecule has 0 heterocycles. The summed E-state index contributed by atoms with van der Waals surface area (Å²) in [5, 5.41) is 3.61. The van der Waals surface area contributed by atoms with Crippen LogP contribution in [0.2, 0.25) is 0 Å². The Morgan fingerprint density at radius 2 is 1.76 bits per heavy atom. The number of benzene rings is 1. The van der Waals surface area contributed by atoms with E-state index in [9.17, 15) is 0 Å². The zero-order valence-corrected chi connectivity index (χ0v) is 11.5. The second-order valence-corrected chi connectivity index (χ2v) is 4.58. The molecule has 0 aliphatic rings. The van der Waals surface area contributed by atoms with Crippen molar-refractivity contribution in [2.75, 3.05) is 6.61 Å².